The first-order valence-corrected chi connectivity index (χ1v) is 5.92. The first kappa shape index (κ1) is 11.5. The second kappa shape index (κ2) is 4.92. The van der Waals surface area contributed by atoms with Crippen LogP contribution >= 0.6 is 11.3 Å². The van der Waals surface area contributed by atoms with Crippen molar-refractivity contribution < 1.29 is 4.92 Å². The largest absolute Gasteiger partial charge is 0.380 e. The molecule has 6 heteroatoms. The third-order valence-electron chi connectivity index (χ3n) is 2.38. The molecule has 1 aromatic heterocycles. The van der Waals surface area contributed by atoms with Crippen molar-refractivity contribution >= 4 is 22.7 Å². The van der Waals surface area contributed by atoms with E-state index < -0.39 is 4.92 Å². The summed E-state index contributed by atoms with van der Waals surface area (Å²) >= 11 is 1.59. The molecule has 2 aromatic rings. The molecule has 0 aliphatic rings. The van der Waals surface area contributed by atoms with Crippen LogP contribution in [0, 0.1) is 17.0 Å². The highest BCUT2D eigenvalue weighted by molar-refractivity contribution is 7.09. The number of hydrogen-bond acceptors (Lipinski definition) is 5. The normalized spacial score (nSPS) is 10.2. The molecular weight excluding hydrogens is 238 g/mol. The molecule has 1 N–H and O–H groups in total. The minimum Gasteiger partial charge on any atom is -0.380 e. The molecule has 17 heavy (non-hydrogen) atoms. The molecule has 0 fully saturated rings. The van der Waals surface area contributed by atoms with Crippen LogP contribution in [0.1, 0.15) is 10.6 Å². The second-order valence-electron chi connectivity index (χ2n) is 3.52. The van der Waals surface area contributed by atoms with Gasteiger partial charge in [-0.1, -0.05) is 0 Å². The van der Waals surface area contributed by atoms with Gasteiger partial charge >= 0.3 is 0 Å². The van der Waals surface area contributed by atoms with Crippen LogP contribution < -0.4 is 5.32 Å². The fourth-order valence-corrected chi connectivity index (χ4v) is 2.10. The van der Waals surface area contributed by atoms with E-state index in [2.05, 4.69) is 10.3 Å². The monoisotopic (exact) mass is 249 g/mol. The predicted octanol–water partition coefficient (Wildman–Crippen LogP) is 2.97. The maximum Gasteiger partial charge on any atom is 0.269 e. The fourth-order valence-electron chi connectivity index (χ4n) is 1.38. The zero-order valence-electron chi connectivity index (χ0n) is 9.21. The van der Waals surface area contributed by atoms with Crippen molar-refractivity contribution in [3.8, 4) is 0 Å². The Labute approximate surface area is 102 Å². The number of aromatic nitrogens is 1. The van der Waals surface area contributed by atoms with Crippen LogP contribution in [-0.2, 0) is 6.54 Å². The number of benzene rings is 1. The van der Waals surface area contributed by atoms with E-state index in [0.717, 1.165) is 11.4 Å². The number of rotatable bonds is 4. The summed E-state index contributed by atoms with van der Waals surface area (Å²) in [6.07, 6.45) is 0. The van der Waals surface area contributed by atoms with E-state index in [4.69, 9.17) is 0 Å². The Hall–Kier alpha value is -1.95. The van der Waals surface area contributed by atoms with E-state index in [0.29, 0.717) is 6.54 Å². The molecule has 0 bridgehead atoms. The smallest absolute Gasteiger partial charge is 0.269 e. The summed E-state index contributed by atoms with van der Waals surface area (Å²) in [4.78, 5) is 15.4. The van der Waals surface area contributed by atoms with Gasteiger partial charge in [0.05, 0.1) is 22.7 Å². The zero-order valence-corrected chi connectivity index (χ0v) is 10.0. The lowest BCUT2D eigenvalue weighted by Crippen LogP contribution is -1.99. The first-order valence-electron chi connectivity index (χ1n) is 5.04. The average Bonchev–Trinajstić information content (AvgIpc) is 2.73. The highest BCUT2D eigenvalue weighted by Crippen LogP contribution is 2.18. The van der Waals surface area contributed by atoms with Crippen LogP contribution in [0.3, 0.4) is 0 Å². The second-order valence-corrected chi connectivity index (χ2v) is 4.46. The standard InChI is InChI=1S/C11H11N3O2S/c1-8-11(17-7-13-8)6-12-9-2-4-10(5-3-9)14(15)16/h2-5,7,12H,6H2,1H3. The lowest BCUT2D eigenvalue weighted by molar-refractivity contribution is -0.384. The van der Waals surface area contributed by atoms with Gasteiger partial charge in [-0.3, -0.25) is 10.1 Å². The SMILES string of the molecule is Cc1ncsc1CNc1ccc([N+](=O)[O-])cc1. The van der Waals surface area contributed by atoms with Gasteiger partial charge in [-0.05, 0) is 19.1 Å². The highest BCUT2D eigenvalue weighted by atomic mass is 32.1. The van der Waals surface area contributed by atoms with Crippen LogP contribution in [-0.4, -0.2) is 9.91 Å². The molecule has 5 nitrogen and oxygen atoms in total. The fraction of sp³-hybridized carbons (Fsp3) is 0.182. The Morgan fingerprint density at radius 3 is 2.65 bits per heavy atom. The lowest BCUT2D eigenvalue weighted by Gasteiger charge is -2.04. The Kier molecular flexibility index (Phi) is 3.34. The van der Waals surface area contributed by atoms with Crippen molar-refractivity contribution in [1.29, 1.82) is 0 Å². The molecule has 0 unspecified atom stereocenters. The third kappa shape index (κ3) is 2.79. The minimum atomic E-state index is -0.406. The minimum absolute atomic E-state index is 0.101. The summed E-state index contributed by atoms with van der Waals surface area (Å²) in [5.74, 6) is 0. The third-order valence-corrected chi connectivity index (χ3v) is 3.31. The quantitative estimate of drug-likeness (QED) is 0.668. The number of aryl methyl sites for hydroxylation is 1. The Morgan fingerprint density at radius 1 is 1.41 bits per heavy atom. The molecule has 0 spiro atoms. The van der Waals surface area contributed by atoms with E-state index in [9.17, 15) is 10.1 Å². The van der Waals surface area contributed by atoms with Crippen molar-refractivity contribution in [3.63, 3.8) is 0 Å². The number of nitrogens with one attached hydrogen (secondary N) is 1. The highest BCUT2D eigenvalue weighted by Gasteiger charge is 2.04. The van der Waals surface area contributed by atoms with Crippen molar-refractivity contribution in [3.05, 3.63) is 50.5 Å². The summed E-state index contributed by atoms with van der Waals surface area (Å²) in [7, 11) is 0. The molecule has 0 saturated heterocycles. The summed E-state index contributed by atoms with van der Waals surface area (Å²) in [5.41, 5.74) is 3.79. The van der Waals surface area contributed by atoms with Gasteiger partial charge in [0.2, 0.25) is 0 Å². The number of anilines is 1. The molecule has 0 aliphatic heterocycles. The Morgan fingerprint density at radius 2 is 2.12 bits per heavy atom. The van der Waals surface area contributed by atoms with Crippen molar-refractivity contribution in [2.24, 2.45) is 0 Å². The van der Waals surface area contributed by atoms with Gasteiger partial charge in [-0.15, -0.1) is 11.3 Å². The van der Waals surface area contributed by atoms with Crippen LogP contribution in [0.2, 0.25) is 0 Å². The van der Waals surface area contributed by atoms with Gasteiger partial charge in [-0.25, -0.2) is 4.98 Å². The molecule has 1 aromatic carbocycles. The van der Waals surface area contributed by atoms with Gasteiger partial charge in [0, 0.05) is 22.7 Å². The van der Waals surface area contributed by atoms with E-state index in [1.165, 1.54) is 17.0 Å². The number of thiazole rings is 1. The average molecular weight is 249 g/mol. The van der Waals surface area contributed by atoms with Gasteiger partial charge < -0.3 is 5.32 Å². The first-order chi connectivity index (χ1) is 8.16. The molecule has 0 atom stereocenters. The number of nitrogens with zero attached hydrogens (tertiary/aromatic N) is 2. The van der Waals surface area contributed by atoms with Crippen LogP contribution in [0.15, 0.2) is 29.8 Å². The van der Waals surface area contributed by atoms with Gasteiger partial charge in [-0.2, -0.15) is 0 Å². The van der Waals surface area contributed by atoms with Crippen molar-refractivity contribution in [2.75, 3.05) is 5.32 Å². The predicted molar refractivity (Wildman–Crippen MR) is 67.3 cm³/mol. The molecule has 0 saturated carbocycles. The van der Waals surface area contributed by atoms with Crippen LogP contribution in [0.5, 0.6) is 0 Å². The Balaban J connectivity index is 2.00. The maximum absolute atomic E-state index is 10.5. The van der Waals surface area contributed by atoms with Crippen LogP contribution in [0.4, 0.5) is 11.4 Å². The summed E-state index contributed by atoms with van der Waals surface area (Å²) < 4.78 is 0. The molecule has 1 heterocycles. The molecular formula is C11H11N3O2S. The maximum atomic E-state index is 10.5. The van der Waals surface area contributed by atoms with Gasteiger partial charge in [0.1, 0.15) is 0 Å². The Bertz CT molecular complexity index is 522. The van der Waals surface area contributed by atoms with Crippen molar-refractivity contribution in [1.82, 2.24) is 4.98 Å². The zero-order chi connectivity index (χ0) is 12.3. The van der Waals surface area contributed by atoms with E-state index in [1.54, 1.807) is 23.5 Å². The number of nitro benzene ring substituents is 1. The van der Waals surface area contributed by atoms with E-state index in [1.807, 2.05) is 12.4 Å². The topological polar surface area (TPSA) is 68.1 Å². The summed E-state index contributed by atoms with van der Waals surface area (Å²) in [5, 5.41) is 13.7. The lowest BCUT2D eigenvalue weighted by atomic mass is 10.3. The molecule has 2 rings (SSSR count). The summed E-state index contributed by atoms with van der Waals surface area (Å²) in [6.45, 7) is 2.65. The van der Waals surface area contributed by atoms with E-state index >= 15 is 0 Å². The number of hydrogen-bond donors (Lipinski definition) is 1. The van der Waals surface area contributed by atoms with Crippen molar-refractivity contribution in [2.45, 2.75) is 13.5 Å². The molecule has 88 valence electrons. The van der Waals surface area contributed by atoms with Crippen LogP contribution in [0.25, 0.3) is 0 Å². The van der Waals surface area contributed by atoms with Gasteiger partial charge in [0.25, 0.3) is 5.69 Å². The summed E-state index contributed by atoms with van der Waals surface area (Å²) in [6, 6.07) is 6.38. The van der Waals surface area contributed by atoms with E-state index in [-0.39, 0.29) is 5.69 Å². The van der Waals surface area contributed by atoms with Gasteiger partial charge in [0.15, 0.2) is 0 Å². The molecule has 0 radical (unpaired) electrons. The molecule has 0 amide bonds. The molecule has 0 aliphatic carbocycles. The number of non-ortho nitro benzene ring substituents is 1. The number of nitro groups is 1.